The van der Waals surface area contributed by atoms with Crippen LogP contribution in [0.4, 0.5) is 0 Å². The van der Waals surface area contributed by atoms with Gasteiger partial charge in [-0.3, -0.25) is 14.7 Å². The Morgan fingerprint density at radius 2 is 1.97 bits per heavy atom. The molecule has 3 atom stereocenters. The average molecular weight is 526 g/mol. The highest BCUT2D eigenvalue weighted by atomic mass is 16.5. The molecule has 1 aromatic heterocycles. The molecule has 4 aliphatic heterocycles. The van der Waals surface area contributed by atoms with Crippen molar-refractivity contribution >= 4 is 16.8 Å². The summed E-state index contributed by atoms with van der Waals surface area (Å²) in [5.41, 5.74) is 5.60. The zero-order chi connectivity index (χ0) is 26.3. The van der Waals surface area contributed by atoms with Gasteiger partial charge >= 0.3 is 0 Å². The highest BCUT2D eigenvalue weighted by molar-refractivity contribution is 5.98. The van der Waals surface area contributed by atoms with Crippen LogP contribution in [-0.4, -0.2) is 84.1 Å². The number of nitrogens with zero attached hydrogens (tertiary/aromatic N) is 4. The van der Waals surface area contributed by atoms with Crippen LogP contribution in [0.15, 0.2) is 48.5 Å². The van der Waals surface area contributed by atoms with Gasteiger partial charge in [-0.25, -0.2) is 0 Å². The normalized spacial score (nSPS) is 26.0. The Morgan fingerprint density at radius 1 is 1.03 bits per heavy atom. The predicted octanol–water partition coefficient (Wildman–Crippen LogP) is 4.02. The van der Waals surface area contributed by atoms with Crippen molar-refractivity contribution in [2.45, 2.75) is 56.8 Å². The number of rotatable bonds is 6. The molecule has 3 aromatic rings. The van der Waals surface area contributed by atoms with E-state index in [1.54, 1.807) is 0 Å². The van der Waals surface area contributed by atoms with Crippen LogP contribution in [0.3, 0.4) is 0 Å². The number of aromatic nitrogens is 1. The van der Waals surface area contributed by atoms with Crippen molar-refractivity contribution in [3.05, 3.63) is 70.9 Å². The maximum absolute atomic E-state index is 13.0. The average Bonchev–Trinajstić information content (AvgIpc) is 3.68. The molecule has 5 heterocycles. The summed E-state index contributed by atoms with van der Waals surface area (Å²) in [5.74, 6) is 1.61. The third-order valence-corrected chi connectivity index (χ3v) is 9.14. The monoisotopic (exact) mass is 525 g/mol. The Kier molecular flexibility index (Phi) is 6.75. The quantitative estimate of drug-likeness (QED) is 0.525. The molecule has 0 radical (unpaired) electrons. The van der Waals surface area contributed by atoms with Gasteiger partial charge < -0.3 is 19.9 Å². The fraction of sp³-hybridized carbons (Fsp3) is 0.500. The summed E-state index contributed by atoms with van der Waals surface area (Å²) in [7, 11) is 2.19. The Hall–Kier alpha value is -3.00. The summed E-state index contributed by atoms with van der Waals surface area (Å²) in [4.78, 5) is 24.9. The summed E-state index contributed by atoms with van der Waals surface area (Å²) < 4.78 is 6.43. The molecule has 0 bridgehead atoms. The van der Waals surface area contributed by atoms with Crippen LogP contribution in [-0.2, 0) is 13.1 Å². The van der Waals surface area contributed by atoms with Crippen molar-refractivity contribution in [3.8, 4) is 5.75 Å². The number of pyridine rings is 1. The molecule has 1 unspecified atom stereocenters. The predicted molar refractivity (Wildman–Crippen MR) is 153 cm³/mol. The molecule has 4 aliphatic rings. The third-order valence-electron chi connectivity index (χ3n) is 9.14. The number of piperidine rings is 1. The van der Waals surface area contributed by atoms with E-state index in [2.05, 4.69) is 58.6 Å². The van der Waals surface area contributed by atoms with E-state index in [1.165, 1.54) is 23.1 Å². The first-order chi connectivity index (χ1) is 19.1. The smallest absolute Gasteiger partial charge is 0.254 e. The van der Waals surface area contributed by atoms with Gasteiger partial charge in [0.1, 0.15) is 11.9 Å². The third kappa shape index (κ3) is 5.15. The van der Waals surface area contributed by atoms with E-state index in [-0.39, 0.29) is 12.0 Å². The number of nitrogens with one attached hydrogen (secondary N) is 1. The maximum Gasteiger partial charge on any atom is 0.254 e. The fourth-order valence-electron chi connectivity index (χ4n) is 6.97. The van der Waals surface area contributed by atoms with E-state index in [0.29, 0.717) is 18.5 Å². The molecule has 3 saturated heterocycles. The Bertz CT molecular complexity index is 1370. The largest absolute Gasteiger partial charge is 0.489 e. The summed E-state index contributed by atoms with van der Waals surface area (Å²) in [6.45, 7) is 7.79. The molecule has 1 amide bonds. The molecular weight excluding hydrogens is 486 g/mol. The number of amides is 1. The first-order valence-electron chi connectivity index (χ1n) is 14.7. The molecule has 7 nitrogen and oxygen atoms in total. The number of carbonyl (C=O) groups is 1. The lowest BCUT2D eigenvalue weighted by Crippen LogP contribution is -2.46. The Balaban J connectivity index is 0.959. The van der Waals surface area contributed by atoms with Crippen LogP contribution >= 0.6 is 0 Å². The number of ether oxygens (including phenoxy) is 1. The second-order valence-electron chi connectivity index (χ2n) is 12.0. The van der Waals surface area contributed by atoms with Gasteiger partial charge in [-0.1, -0.05) is 12.1 Å². The van der Waals surface area contributed by atoms with Gasteiger partial charge in [-0.05, 0) is 93.3 Å². The lowest BCUT2D eigenvalue weighted by Gasteiger charge is -2.31. The summed E-state index contributed by atoms with van der Waals surface area (Å²) in [5, 5.41) is 4.66. The van der Waals surface area contributed by atoms with Crippen molar-refractivity contribution in [3.63, 3.8) is 0 Å². The number of hydrogen-bond acceptors (Lipinski definition) is 6. The van der Waals surface area contributed by atoms with Crippen molar-refractivity contribution < 1.29 is 9.53 Å². The SMILES string of the molecule is CN1CC[C@H](c2ccc3cc(CN4CC[C@H](Oc5ccc6c(c5)CN(C5CCCNC5)C6=O)C4)ccc3n2)C1. The van der Waals surface area contributed by atoms with Gasteiger partial charge in [-0.2, -0.15) is 0 Å². The molecule has 1 N–H and O–H groups in total. The number of hydrogen-bond donors (Lipinski definition) is 1. The van der Waals surface area contributed by atoms with Crippen molar-refractivity contribution in [2.75, 3.05) is 46.3 Å². The number of likely N-dealkylation sites (N-methyl/N-ethyl adjacent to an activating group) is 1. The standard InChI is InChI=1S/C32H39N5O2/c1-35-13-10-24(19-35)31-9-5-23-15-22(4-8-30(23)34-31)18-36-14-11-28(21-36)39-27-6-7-29-25(16-27)20-37(32(29)38)26-3-2-12-33-17-26/h4-9,15-16,24,26,28,33H,2-3,10-14,17-21H2,1H3/t24-,26?,28-/m0/s1. The number of benzene rings is 2. The zero-order valence-corrected chi connectivity index (χ0v) is 22.9. The van der Waals surface area contributed by atoms with E-state index in [1.807, 2.05) is 17.0 Å². The number of likely N-dealkylation sites (tertiary alicyclic amines) is 2. The minimum absolute atomic E-state index is 0.172. The maximum atomic E-state index is 13.0. The molecule has 0 spiro atoms. The number of fused-ring (bicyclic) bond motifs is 2. The van der Waals surface area contributed by atoms with Crippen molar-refractivity contribution in [1.82, 2.24) is 25.0 Å². The van der Waals surface area contributed by atoms with Crippen molar-refractivity contribution in [2.24, 2.45) is 0 Å². The van der Waals surface area contributed by atoms with E-state index in [4.69, 9.17) is 9.72 Å². The van der Waals surface area contributed by atoms with Crippen LogP contribution in [0.25, 0.3) is 10.9 Å². The first kappa shape index (κ1) is 25.0. The molecular formula is C32H39N5O2. The van der Waals surface area contributed by atoms with Crippen LogP contribution < -0.4 is 10.1 Å². The molecule has 204 valence electrons. The minimum Gasteiger partial charge on any atom is -0.489 e. The molecule has 3 fully saturated rings. The second kappa shape index (κ2) is 10.5. The molecule has 7 rings (SSSR count). The molecule has 7 heteroatoms. The summed E-state index contributed by atoms with van der Waals surface area (Å²) in [6.07, 6.45) is 4.61. The van der Waals surface area contributed by atoms with E-state index in [9.17, 15) is 4.79 Å². The van der Waals surface area contributed by atoms with Crippen LogP contribution in [0.2, 0.25) is 0 Å². The van der Waals surface area contributed by atoms with Gasteiger partial charge in [0, 0.05) is 67.9 Å². The van der Waals surface area contributed by atoms with E-state index >= 15 is 0 Å². The van der Waals surface area contributed by atoms with Gasteiger partial charge in [0.05, 0.1) is 5.52 Å². The summed E-state index contributed by atoms with van der Waals surface area (Å²) in [6, 6.07) is 17.5. The lowest BCUT2D eigenvalue weighted by molar-refractivity contribution is 0.0674. The molecule has 0 saturated carbocycles. The van der Waals surface area contributed by atoms with Crippen LogP contribution in [0.5, 0.6) is 5.75 Å². The molecule has 2 aromatic carbocycles. The zero-order valence-electron chi connectivity index (χ0n) is 22.9. The van der Waals surface area contributed by atoms with E-state index in [0.717, 1.165) is 87.5 Å². The fourth-order valence-corrected chi connectivity index (χ4v) is 6.97. The highest BCUT2D eigenvalue weighted by Crippen LogP contribution is 2.31. The summed E-state index contributed by atoms with van der Waals surface area (Å²) >= 11 is 0. The lowest BCUT2D eigenvalue weighted by atomic mass is 10.0. The Labute approximate surface area is 231 Å². The van der Waals surface area contributed by atoms with Crippen molar-refractivity contribution in [1.29, 1.82) is 0 Å². The minimum atomic E-state index is 0.172. The van der Waals surface area contributed by atoms with E-state index < -0.39 is 0 Å². The number of carbonyl (C=O) groups excluding carboxylic acids is 1. The highest BCUT2D eigenvalue weighted by Gasteiger charge is 2.34. The van der Waals surface area contributed by atoms with Gasteiger partial charge in [0.25, 0.3) is 5.91 Å². The van der Waals surface area contributed by atoms with Gasteiger partial charge in [0.2, 0.25) is 0 Å². The van der Waals surface area contributed by atoms with Gasteiger partial charge in [-0.15, -0.1) is 0 Å². The molecule has 0 aliphatic carbocycles. The van der Waals surface area contributed by atoms with Crippen LogP contribution in [0.1, 0.15) is 58.8 Å². The second-order valence-corrected chi connectivity index (χ2v) is 12.0. The topological polar surface area (TPSA) is 60.9 Å². The van der Waals surface area contributed by atoms with Crippen LogP contribution in [0, 0.1) is 0 Å². The molecule has 39 heavy (non-hydrogen) atoms. The first-order valence-corrected chi connectivity index (χ1v) is 14.7. The van der Waals surface area contributed by atoms with Gasteiger partial charge in [0.15, 0.2) is 0 Å². The Morgan fingerprint density at radius 3 is 2.82 bits per heavy atom.